The molecule has 0 unspecified atom stereocenters. The average molecular weight is 292 g/mol. The van der Waals surface area contributed by atoms with Gasteiger partial charge in [0.05, 0.1) is 10.6 Å². The minimum atomic E-state index is -0.294. The summed E-state index contributed by atoms with van der Waals surface area (Å²) in [6, 6.07) is 6.30. The molecule has 5 heteroatoms. The highest BCUT2D eigenvalue weighted by molar-refractivity contribution is 7.17. The fraction of sp³-hybridized carbons (Fsp3) is 0.333. The number of hydrogen-bond donors (Lipinski definition) is 0. The van der Waals surface area contributed by atoms with Gasteiger partial charge < -0.3 is 4.90 Å². The van der Waals surface area contributed by atoms with Crippen molar-refractivity contribution in [2.75, 3.05) is 11.9 Å². The van der Waals surface area contributed by atoms with Gasteiger partial charge in [-0.1, -0.05) is 38.2 Å². The zero-order valence-corrected chi connectivity index (χ0v) is 12.8. The van der Waals surface area contributed by atoms with Gasteiger partial charge in [-0.25, -0.2) is 9.37 Å². The maximum Gasteiger partial charge on any atom is 0.190 e. The van der Waals surface area contributed by atoms with Crippen LogP contribution in [-0.2, 0) is 5.41 Å². The summed E-state index contributed by atoms with van der Waals surface area (Å²) in [5, 5.41) is 0.683. The van der Waals surface area contributed by atoms with Crippen LogP contribution in [0.25, 0.3) is 0 Å². The summed E-state index contributed by atoms with van der Waals surface area (Å²) in [6.07, 6.45) is 0.834. The molecule has 0 fully saturated rings. The number of nitrogens with zero attached hydrogens (tertiary/aromatic N) is 2. The zero-order valence-electron chi connectivity index (χ0n) is 12.0. The highest BCUT2D eigenvalue weighted by Crippen LogP contribution is 2.35. The highest BCUT2D eigenvalue weighted by atomic mass is 32.1. The first-order chi connectivity index (χ1) is 9.32. The smallest absolute Gasteiger partial charge is 0.190 e. The van der Waals surface area contributed by atoms with Gasteiger partial charge in [0, 0.05) is 18.2 Å². The molecule has 0 aliphatic rings. The van der Waals surface area contributed by atoms with Crippen LogP contribution >= 0.6 is 11.3 Å². The molecular formula is C15H17FN2OS. The molecule has 2 rings (SSSR count). The Labute approximate surface area is 122 Å². The third-order valence-electron chi connectivity index (χ3n) is 2.94. The molecule has 0 aliphatic carbocycles. The van der Waals surface area contributed by atoms with E-state index in [1.807, 2.05) is 33.9 Å². The second-order valence-electron chi connectivity index (χ2n) is 5.62. The first-order valence-electron chi connectivity index (χ1n) is 6.28. The van der Waals surface area contributed by atoms with E-state index in [2.05, 4.69) is 4.98 Å². The number of hydrogen-bond acceptors (Lipinski definition) is 4. The van der Waals surface area contributed by atoms with E-state index in [9.17, 15) is 9.18 Å². The lowest BCUT2D eigenvalue weighted by molar-refractivity contribution is 0.112. The lowest BCUT2D eigenvalue weighted by Crippen LogP contribution is -2.15. The van der Waals surface area contributed by atoms with Crippen LogP contribution in [0.15, 0.2) is 24.3 Å². The molecule has 0 radical (unpaired) electrons. The quantitative estimate of drug-likeness (QED) is 0.796. The van der Waals surface area contributed by atoms with Crippen LogP contribution < -0.4 is 4.90 Å². The van der Waals surface area contributed by atoms with Crippen molar-refractivity contribution in [3.05, 3.63) is 40.7 Å². The summed E-state index contributed by atoms with van der Waals surface area (Å²) in [7, 11) is 1.81. The summed E-state index contributed by atoms with van der Waals surface area (Å²) in [5.74, 6) is -0.294. The second kappa shape index (κ2) is 5.32. The van der Waals surface area contributed by atoms with E-state index in [1.54, 1.807) is 11.0 Å². The maximum absolute atomic E-state index is 13.3. The van der Waals surface area contributed by atoms with E-state index in [1.165, 1.54) is 23.5 Å². The summed E-state index contributed by atoms with van der Waals surface area (Å²) < 4.78 is 13.3. The topological polar surface area (TPSA) is 33.2 Å². The van der Waals surface area contributed by atoms with Gasteiger partial charge in [-0.3, -0.25) is 4.79 Å². The summed E-state index contributed by atoms with van der Waals surface area (Å²) in [4.78, 5) is 18.2. The Hall–Kier alpha value is -1.75. The van der Waals surface area contributed by atoms with Gasteiger partial charge in [0.2, 0.25) is 0 Å². The van der Waals surface area contributed by atoms with Crippen molar-refractivity contribution < 1.29 is 9.18 Å². The summed E-state index contributed by atoms with van der Waals surface area (Å²) in [6.45, 7) is 6.04. The van der Waals surface area contributed by atoms with Crippen LogP contribution in [0.5, 0.6) is 0 Å². The van der Waals surface area contributed by atoms with Crippen molar-refractivity contribution in [2.24, 2.45) is 0 Å². The minimum Gasteiger partial charge on any atom is -0.321 e. The molecule has 0 aliphatic heterocycles. The van der Waals surface area contributed by atoms with Crippen molar-refractivity contribution in [1.29, 1.82) is 0 Å². The number of halogens is 1. The number of carbonyl (C=O) groups excluding carboxylic acids is 1. The largest absolute Gasteiger partial charge is 0.321 e. The number of aldehydes is 1. The summed E-state index contributed by atoms with van der Waals surface area (Å²) >= 11 is 1.32. The molecule has 0 N–H and O–H groups in total. The normalized spacial score (nSPS) is 11.4. The molecule has 0 saturated carbocycles. The monoisotopic (exact) mass is 292 g/mol. The van der Waals surface area contributed by atoms with Gasteiger partial charge in [0.25, 0.3) is 0 Å². The molecule has 20 heavy (non-hydrogen) atoms. The number of carbonyl (C=O) groups is 1. The van der Waals surface area contributed by atoms with E-state index in [0.717, 1.165) is 12.0 Å². The predicted molar refractivity (Wildman–Crippen MR) is 80.7 cm³/mol. The van der Waals surface area contributed by atoms with Crippen molar-refractivity contribution >= 4 is 28.4 Å². The van der Waals surface area contributed by atoms with E-state index in [-0.39, 0.29) is 11.2 Å². The van der Waals surface area contributed by atoms with Crippen molar-refractivity contribution in [2.45, 2.75) is 26.2 Å². The van der Waals surface area contributed by atoms with Crippen LogP contribution in [-0.4, -0.2) is 18.3 Å². The number of benzene rings is 1. The van der Waals surface area contributed by atoms with Gasteiger partial charge in [-0.15, -0.1) is 0 Å². The average Bonchev–Trinajstić information content (AvgIpc) is 2.82. The Balaban J connectivity index is 2.43. The number of anilines is 2. The van der Waals surface area contributed by atoms with Crippen LogP contribution in [0.4, 0.5) is 15.2 Å². The molecule has 0 bridgehead atoms. The Morgan fingerprint density at radius 2 is 2.05 bits per heavy atom. The Morgan fingerprint density at radius 3 is 2.55 bits per heavy atom. The van der Waals surface area contributed by atoms with Crippen LogP contribution in [0.2, 0.25) is 0 Å². The number of rotatable bonds is 3. The molecular weight excluding hydrogens is 275 g/mol. The first kappa shape index (κ1) is 14.7. The van der Waals surface area contributed by atoms with Gasteiger partial charge in [-0.05, 0) is 18.2 Å². The number of thiazole rings is 1. The zero-order chi connectivity index (χ0) is 14.9. The maximum atomic E-state index is 13.3. The second-order valence-corrected chi connectivity index (χ2v) is 6.63. The molecule has 0 atom stereocenters. The van der Waals surface area contributed by atoms with Gasteiger partial charge >= 0.3 is 0 Å². The highest BCUT2D eigenvalue weighted by Gasteiger charge is 2.24. The Kier molecular flexibility index (Phi) is 3.90. The molecule has 0 amide bonds. The van der Waals surface area contributed by atoms with Crippen molar-refractivity contribution in [3.63, 3.8) is 0 Å². The SMILES string of the molecule is CN(c1cccc(F)c1)c1nc(C(C)(C)C)c(C=O)s1. The van der Waals surface area contributed by atoms with E-state index in [0.29, 0.717) is 15.7 Å². The van der Waals surface area contributed by atoms with Gasteiger partial charge in [0.15, 0.2) is 11.4 Å². The van der Waals surface area contributed by atoms with E-state index >= 15 is 0 Å². The molecule has 1 aromatic carbocycles. The van der Waals surface area contributed by atoms with Crippen molar-refractivity contribution in [1.82, 2.24) is 4.98 Å². The Morgan fingerprint density at radius 1 is 1.35 bits per heavy atom. The molecule has 0 spiro atoms. The number of aromatic nitrogens is 1. The van der Waals surface area contributed by atoms with Gasteiger partial charge in [-0.2, -0.15) is 0 Å². The van der Waals surface area contributed by atoms with E-state index in [4.69, 9.17) is 0 Å². The molecule has 106 valence electrons. The standard InChI is InChI=1S/C15H17FN2OS/c1-15(2,3)13-12(9-19)20-14(17-13)18(4)11-7-5-6-10(16)8-11/h5-9H,1-4H3. The molecule has 3 nitrogen and oxygen atoms in total. The van der Waals surface area contributed by atoms with Gasteiger partial charge in [0.1, 0.15) is 5.82 Å². The van der Waals surface area contributed by atoms with Crippen molar-refractivity contribution in [3.8, 4) is 0 Å². The predicted octanol–water partition coefficient (Wildman–Crippen LogP) is 4.16. The summed E-state index contributed by atoms with van der Waals surface area (Å²) in [5.41, 5.74) is 1.28. The minimum absolute atomic E-state index is 0.201. The van der Waals surface area contributed by atoms with Crippen LogP contribution in [0.3, 0.4) is 0 Å². The Bertz CT molecular complexity index is 631. The molecule has 1 aromatic heterocycles. The first-order valence-corrected chi connectivity index (χ1v) is 7.10. The molecule has 1 heterocycles. The lowest BCUT2D eigenvalue weighted by atomic mass is 9.91. The molecule has 0 saturated heterocycles. The fourth-order valence-electron chi connectivity index (χ4n) is 1.88. The third kappa shape index (κ3) is 2.88. The lowest BCUT2D eigenvalue weighted by Gasteiger charge is -2.17. The van der Waals surface area contributed by atoms with Crippen LogP contribution in [0, 0.1) is 5.82 Å². The third-order valence-corrected chi connectivity index (χ3v) is 4.00. The fourth-order valence-corrected chi connectivity index (χ4v) is 2.95. The van der Waals surface area contributed by atoms with Crippen LogP contribution in [0.1, 0.15) is 36.1 Å². The molecule has 2 aromatic rings. The van der Waals surface area contributed by atoms with E-state index < -0.39 is 0 Å².